The highest BCUT2D eigenvalue weighted by molar-refractivity contribution is 6.45. The van der Waals surface area contributed by atoms with E-state index in [1.807, 2.05) is 19.9 Å². The average molecular weight is 337 g/mol. The summed E-state index contributed by atoms with van der Waals surface area (Å²) in [5, 5.41) is 5.70. The third-order valence-electron chi connectivity index (χ3n) is 2.86. The summed E-state index contributed by atoms with van der Waals surface area (Å²) >= 11 is 11.8. The Morgan fingerprint density at radius 2 is 1.45 bits per heavy atom. The summed E-state index contributed by atoms with van der Waals surface area (Å²) in [6, 6.07) is 10.2. The number of rotatable bonds is 2. The van der Waals surface area contributed by atoms with Gasteiger partial charge in [-0.1, -0.05) is 29.3 Å². The van der Waals surface area contributed by atoms with Crippen LogP contribution in [0.3, 0.4) is 0 Å². The smallest absolute Gasteiger partial charge is 0.314 e. The zero-order valence-corrected chi connectivity index (χ0v) is 13.5. The molecule has 2 N–H and O–H groups in total. The topological polar surface area (TPSA) is 58.2 Å². The van der Waals surface area contributed by atoms with Crippen LogP contribution in [0.4, 0.5) is 11.4 Å². The summed E-state index contributed by atoms with van der Waals surface area (Å²) < 4.78 is 0. The highest BCUT2D eigenvalue weighted by Gasteiger charge is 2.16. The molecule has 2 amide bonds. The normalized spacial score (nSPS) is 10.2. The van der Waals surface area contributed by atoms with Gasteiger partial charge < -0.3 is 10.6 Å². The molecule has 2 rings (SSSR count). The maximum absolute atomic E-state index is 11.9. The van der Waals surface area contributed by atoms with Crippen molar-refractivity contribution in [2.24, 2.45) is 0 Å². The Bertz CT molecular complexity index is 725. The lowest BCUT2D eigenvalue weighted by Crippen LogP contribution is -2.29. The number of carbonyl (C=O) groups excluding carboxylic acids is 2. The first kappa shape index (κ1) is 16.3. The van der Waals surface area contributed by atoms with Gasteiger partial charge in [-0.3, -0.25) is 9.59 Å². The summed E-state index contributed by atoms with van der Waals surface area (Å²) in [6.45, 7) is 3.82. The largest absolute Gasteiger partial charge is 0.318 e. The molecule has 6 heteroatoms. The molecule has 0 heterocycles. The van der Waals surface area contributed by atoms with Crippen LogP contribution in [0.25, 0.3) is 0 Å². The second kappa shape index (κ2) is 6.81. The first-order valence-corrected chi connectivity index (χ1v) is 7.26. The van der Waals surface area contributed by atoms with Gasteiger partial charge in [-0.15, -0.1) is 0 Å². The number of halogens is 2. The van der Waals surface area contributed by atoms with E-state index in [0.717, 1.165) is 11.1 Å². The lowest BCUT2D eigenvalue weighted by molar-refractivity contribution is -0.132. The Morgan fingerprint density at radius 1 is 0.864 bits per heavy atom. The SMILES string of the molecule is Cc1cc(C)cc(NC(=O)C(=O)Nc2cc(Cl)ccc2Cl)c1. The lowest BCUT2D eigenvalue weighted by Gasteiger charge is -2.09. The van der Waals surface area contributed by atoms with Gasteiger partial charge in [0, 0.05) is 10.7 Å². The summed E-state index contributed by atoms with van der Waals surface area (Å²) in [6.07, 6.45) is 0. The Labute approximate surface area is 138 Å². The van der Waals surface area contributed by atoms with Gasteiger partial charge in [-0.25, -0.2) is 0 Å². The van der Waals surface area contributed by atoms with Gasteiger partial charge in [0.1, 0.15) is 0 Å². The zero-order chi connectivity index (χ0) is 16.3. The molecular formula is C16H14Cl2N2O2. The predicted molar refractivity (Wildman–Crippen MR) is 89.6 cm³/mol. The fourth-order valence-electron chi connectivity index (χ4n) is 2.01. The van der Waals surface area contributed by atoms with Crippen LogP contribution in [0.5, 0.6) is 0 Å². The van der Waals surface area contributed by atoms with E-state index in [-0.39, 0.29) is 5.69 Å². The number of nitrogens with one attached hydrogen (secondary N) is 2. The minimum Gasteiger partial charge on any atom is -0.318 e. The van der Waals surface area contributed by atoms with Crippen molar-refractivity contribution in [3.8, 4) is 0 Å². The summed E-state index contributed by atoms with van der Waals surface area (Å²) in [7, 11) is 0. The van der Waals surface area contributed by atoms with E-state index < -0.39 is 11.8 Å². The maximum atomic E-state index is 11.9. The number of hydrogen-bond acceptors (Lipinski definition) is 2. The van der Waals surface area contributed by atoms with Crippen molar-refractivity contribution in [3.63, 3.8) is 0 Å². The van der Waals surface area contributed by atoms with Crippen molar-refractivity contribution in [3.05, 3.63) is 57.6 Å². The maximum Gasteiger partial charge on any atom is 0.314 e. The summed E-state index contributed by atoms with van der Waals surface area (Å²) in [4.78, 5) is 23.9. The Hall–Kier alpha value is -2.04. The first-order valence-electron chi connectivity index (χ1n) is 6.51. The number of hydrogen-bond donors (Lipinski definition) is 2. The predicted octanol–water partition coefficient (Wildman–Crippen LogP) is 4.19. The highest BCUT2D eigenvalue weighted by atomic mass is 35.5. The summed E-state index contributed by atoms with van der Waals surface area (Å²) in [5.74, 6) is -1.59. The van der Waals surface area contributed by atoms with E-state index in [2.05, 4.69) is 10.6 Å². The monoisotopic (exact) mass is 336 g/mol. The van der Waals surface area contributed by atoms with E-state index >= 15 is 0 Å². The van der Waals surface area contributed by atoms with Gasteiger partial charge in [0.25, 0.3) is 0 Å². The van der Waals surface area contributed by atoms with Crippen LogP contribution in [-0.2, 0) is 9.59 Å². The van der Waals surface area contributed by atoms with Crippen LogP contribution >= 0.6 is 23.2 Å². The van der Waals surface area contributed by atoms with Crippen LogP contribution in [-0.4, -0.2) is 11.8 Å². The third-order valence-corrected chi connectivity index (χ3v) is 3.43. The molecule has 0 saturated carbocycles. The van der Waals surface area contributed by atoms with Gasteiger partial charge in [-0.05, 0) is 55.3 Å². The van der Waals surface area contributed by atoms with E-state index in [1.165, 1.54) is 6.07 Å². The fraction of sp³-hybridized carbons (Fsp3) is 0.125. The summed E-state index contributed by atoms with van der Waals surface area (Å²) in [5.41, 5.74) is 2.84. The number of benzene rings is 2. The molecule has 2 aromatic rings. The second-order valence-corrected chi connectivity index (χ2v) is 5.75. The molecule has 0 bridgehead atoms. The minimum absolute atomic E-state index is 0.287. The van der Waals surface area contributed by atoms with Crippen molar-refractivity contribution in [2.45, 2.75) is 13.8 Å². The molecule has 0 aromatic heterocycles. The molecule has 0 fully saturated rings. The van der Waals surface area contributed by atoms with Gasteiger partial charge in [-0.2, -0.15) is 0 Å². The Kier molecular flexibility index (Phi) is 5.06. The van der Waals surface area contributed by atoms with Gasteiger partial charge >= 0.3 is 11.8 Å². The molecule has 2 aromatic carbocycles. The molecule has 0 spiro atoms. The Balaban J connectivity index is 2.09. The van der Waals surface area contributed by atoms with Gasteiger partial charge in [0.05, 0.1) is 10.7 Å². The number of carbonyl (C=O) groups is 2. The lowest BCUT2D eigenvalue weighted by atomic mass is 10.1. The van der Waals surface area contributed by atoms with E-state index in [9.17, 15) is 9.59 Å². The molecular weight excluding hydrogens is 323 g/mol. The minimum atomic E-state index is -0.816. The van der Waals surface area contributed by atoms with Crippen molar-refractivity contribution < 1.29 is 9.59 Å². The molecule has 0 aliphatic heterocycles. The van der Waals surface area contributed by atoms with Crippen molar-refractivity contribution in [2.75, 3.05) is 10.6 Å². The standard InChI is InChI=1S/C16H14Cl2N2O2/c1-9-5-10(2)7-12(6-9)19-15(21)16(22)20-14-8-11(17)3-4-13(14)18/h3-8H,1-2H3,(H,19,21)(H,20,22). The molecule has 0 radical (unpaired) electrons. The molecule has 114 valence electrons. The Morgan fingerprint density at radius 3 is 2.09 bits per heavy atom. The molecule has 22 heavy (non-hydrogen) atoms. The fourth-order valence-corrected chi connectivity index (χ4v) is 2.34. The molecule has 0 aliphatic rings. The van der Waals surface area contributed by atoms with Crippen LogP contribution in [0.2, 0.25) is 10.0 Å². The van der Waals surface area contributed by atoms with Gasteiger partial charge in [0.2, 0.25) is 0 Å². The van der Waals surface area contributed by atoms with Crippen LogP contribution in [0.1, 0.15) is 11.1 Å². The molecule has 0 atom stereocenters. The van der Waals surface area contributed by atoms with Crippen LogP contribution in [0.15, 0.2) is 36.4 Å². The number of aryl methyl sites for hydroxylation is 2. The number of amides is 2. The highest BCUT2D eigenvalue weighted by Crippen LogP contribution is 2.25. The first-order chi connectivity index (χ1) is 10.3. The molecule has 4 nitrogen and oxygen atoms in total. The van der Waals surface area contributed by atoms with Gasteiger partial charge in [0.15, 0.2) is 0 Å². The van der Waals surface area contributed by atoms with Crippen LogP contribution < -0.4 is 10.6 Å². The van der Waals surface area contributed by atoms with E-state index in [4.69, 9.17) is 23.2 Å². The van der Waals surface area contributed by atoms with Crippen LogP contribution in [0, 0.1) is 13.8 Å². The number of anilines is 2. The average Bonchev–Trinajstić information content (AvgIpc) is 2.41. The van der Waals surface area contributed by atoms with Crippen molar-refractivity contribution in [1.29, 1.82) is 0 Å². The molecule has 0 saturated heterocycles. The van der Waals surface area contributed by atoms with E-state index in [0.29, 0.717) is 15.7 Å². The van der Waals surface area contributed by atoms with Crippen molar-refractivity contribution >= 4 is 46.4 Å². The third kappa shape index (κ3) is 4.23. The van der Waals surface area contributed by atoms with E-state index in [1.54, 1.807) is 24.3 Å². The molecule has 0 aliphatic carbocycles. The zero-order valence-electron chi connectivity index (χ0n) is 12.0. The quantitative estimate of drug-likeness (QED) is 0.808. The molecule has 0 unspecified atom stereocenters. The van der Waals surface area contributed by atoms with Crippen molar-refractivity contribution in [1.82, 2.24) is 0 Å². The second-order valence-electron chi connectivity index (χ2n) is 4.91.